The Kier molecular flexibility index (Phi) is 6.48. The summed E-state index contributed by atoms with van der Waals surface area (Å²) >= 11 is 0. The van der Waals surface area contributed by atoms with Gasteiger partial charge in [-0.2, -0.15) is 30.4 Å². The number of nitrogen functional groups attached to an aromatic ring is 1. The van der Waals surface area contributed by atoms with Gasteiger partial charge in [0.2, 0.25) is 6.10 Å². The Hall–Kier alpha value is -1.50. The first kappa shape index (κ1) is 19.5. The highest BCUT2D eigenvalue weighted by Gasteiger charge is 2.62. The van der Waals surface area contributed by atoms with Crippen molar-refractivity contribution in [2.45, 2.75) is 17.5 Å². The van der Waals surface area contributed by atoms with Crippen LogP contribution in [0.2, 0.25) is 0 Å². The smallest absolute Gasteiger partial charge is 0.378 e. The van der Waals surface area contributed by atoms with Crippen molar-refractivity contribution in [2.75, 3.05) is 5.43 Å². The fraction of sp³-hybridized carbons (Fsp3) is 0.333. The summed E-state index contributed by atoms with van der Waals surface area (Å²) in [6.07, 6.45) is -10.3. The lowest BCUT2D eigenvalue weighted by atomic mass is 10.3. The third-order valence-corrected chi connectivity index (χ3v) is 2.82. The summed E-state index contributed by atoms with van der Waals surface area (Å²) in [5, 5.41) is 2.17. The molecule has 0 radical (unpaired) electrons. The Morgan fingerprint density at radius 3 is 1.71 bits per heavy atom. The number of alkyl halides is 5. The first-order valence-corrected chi connectivity index (χ1v) is 6.39. The molecule has 0 saturated heterocycles. The lowest BCUT2D eigenvalue weighted by Gasteiger charge is -2.21. The van der Waals surface area contributed by atoms with E-state index in [0.717, 1.165) is 5.69 Å². The molecular formula is C9H11F5N2O4S. The lowest BCUT2D eigenvalue weighted by molar-refractivity contribution is -0.248. The van der Waals surface area contributed by atoms with Crippen LogP contribution < -0.4 is 11.3 Å². The zero-order valence-corrected chi connectivity index (χ0v) is 10.9. The van der Waals surface area contributed by atoms with Crippen LogP contribution in [0, 0.1) is 0 Å². The van der Waals surface area contributed by atoms with E-state index in [1.807, 2.05) is 30.3 Å². The molecule has 0 aliphatic carbocycles. The fourth-order valence-corrected chi connectivity index (χ4v) is 1.28. The standard InChI is InChI=1S/C6H8N2.C3H3F5O4S/c7-8-6-4-2-1-3-5-6;4-2(5,6)1(9)3(7,8)13(10,11)12/h1-5,8H,7H2;1,9H,(H,10,11,12). The van der Waals surface area contributed by atoms with Crippen LogP contribution in [-0.4, -0.2) is 35.6 Å². The molecule has 0 saturated carbocycles. The Morgan fingerprint density at radius 1 is 1.10 bits per heavy atom. The number of hydrogen-bond donors (Lipinski definition) is 4. The molecule has 1 atom stereocenters. The molecule has 5 N–H and O–H groups in total. The van der Waals surface area contributed by atoms with Crippen molar-refractivity contribution in [1.29, 1.82) is 0 Å². The number of anilines is 1. The van der Waals surface area contributed by atoms with Crippen LogP contribution in [0.15, 0.2) is 30.3 Å². The molecule has 1 aromatic carbocycles. The Labute approximate surface area is 116 Å². The van der Waals surface area contributed by atoms with Gasteiger partial charge in [-0.1, -0.05) is 18.2 Å². The second-order valence-electron chi connectivity index (χ2n) is 3.49. The van der Waals surface area contributed by atoms with E-state index in [1.165, 1.54) is 0 Å². The molecule has 122 valence electrons. The number of para-hydroxylation sites is 1. The summed E-state index contributed by atoms with van der Waals surface area (Å²) in [6, 6.07) is 9.60. The van der Waals surface area contributed by atoms with Crippen molar-refractivity contribution < 1.29 is 40.0 Å². The van der Waals surface area contributed by atoms with Gasteiger partial charge in [0.25, 0.3) is 0 Å². The largest absolute Gasteiger partial charge is 0.421 e. The normalized spacial score (nSPS) is 13.9. The van der Waals surface area contributed by atoms with Gasteiger partial charge in [-0.05, 0) is 12.1 Å². The third-order valence-electron chi connectivity index (χ3n) is 1.91. The van der Waals surface area contributed by atoms with E-state index >= 15 is 0 Å². The first-order chi connectivity index (χ1) is 9.34. The molecule has 0 aliphatic rings. The van der Waals surface area contributed by atoms with Crippen LogP contribution in [-0.2, 0) is 10.1 Å². The monoisotopic (exact) mass is 338 g/mol. The summed E-state index contributed by atoms with van der Waals surface area (Å²) in [7, 11) is -6.29. The molecular weight excluding hydrogens is 327 g/mol. The van der Waals surface area contributed by atoms with Crippen LogP contribution in [0.1, 0.15) is 0 Å². The highest BCUT2D eigenvalue weighted by Crippen LogP contribution is 2.35. The zero-order valence-electron chi connectivity index (χ0n) is 10.1. The van der Waals surface area contributed by atoms with Crippen molar-refractivity contribution >= 4 is 15.8 Å². The summed E-state index contributed by atoms with van der Waals surface area (Å²) < 4.78 is 85.1. The molecule has 0 aliphatic heterocycles. The molecule has 0 amide bonds. The lowest BCUT2D eigenvalue weighted by Crippen LogP contribution is -2.49. The van der Waals surface area contributed by atoms with E-state index in [1.54, 1.807) is 0 Å². The van der Waals surface area contributed by atoms with E-state index in [9.17, 15) is 30.4 Å². The van der Waals surface area contributed by atoms with Crippen molar-refractivity contribution in [3.05, 3.63) is 30.3 Å². The fourth-order valence-electron chi connectivity index (χ4n) is 0.866. The summed E-state index contributed by atoms with van der Waals surface area (Å²) in [5.74, 6) is 5.10. The Morgan fingerprint density at radius 2 is 1.52 bits per heavy atom. The summed E-state index contributed by atoms with van der Waals surface area (Å²) in [5.41, 5.74) is 3.46. The minimum Gasteiger partial charge on any atom is -0.378 e. The van der Waals surface area contributed by atoms with Gasteiger partial charge in [-0.3, -0.25) is 10.4 Å². The minimum atomic E-state index is -6.29. The van der Waals surface area contributed by atoms with Crippen LogP contribution in [0.25, 0.3) is 0 Å². The molecule has 0 aromatic heterocycles. The quantitative estimate of drug-likeness (QED) is 0.286. The van der Waals surface area contributed by atoms with E-state index < -0.39 is 27.7 Å². The molecule has 0 spiro atoms. The maximum atomic E-state index is 12.0. The highest BCUT2D eigenvalue weighted by atomic mass is 32.2. The molecule has 0 heterocycles. The number of rotatable bonds is 3. The average Bonchev–Trinajstić information content (AvgIpc) is 2.37. The van der Waals surface area contributed by atoms with E-state index in [2.05, 4.69) is 5.43 Å². The van der Waals surface area contributed by atoms with Gasteiger partial charge in [0.05, 0.1) is 0 Å². The second-order valence-corrected chi connectivity index (χ2v) is 4.99. The van der Waals surface area contributed by atoms with Crippen molar-refractivity contribution in [2.24, 2.45) is 5.84 Å². The minimum absolute atomic E-state index is 0.938. The number of benzene rings is 1. The number of hydrogen-bond acceptors (Lipinski definition) is 5. The predicted molar refractivity (Wildman–Crippen MR) is 62.8 cm³/mol. The molecule has 1 aromatic rings. The second kappa shape index (κ2) is 6.98. The number of nitrogens with one attached hydrogen (secondary N) is 1. The molecule has 21 heavy (non-hydrogen) atoms. The van der Waals surface area contributed by atoms with Crippen LogP contribution in [0.3, 0.4) is 0 Å². The SMILES string of the molecule is NNc1ccccc1.O=S(=O)(O)C(F)(F)C(O)C(F)(F)F. The highest BCUT2D eigenvalue weighted by molar-refractivity contribution is 7.86. The molecule has 1 unspecified atom stereocenters. The maximum Gasteiger partial charge on any atom is 0.421 e. The van der Waals surface area contributed by atoms with Crippen LogP contribution in [0.4, 0.5) is 27.6 Å². The molecule has 0 bridgehead atoms. The maximum absolute atomic E-state index is 12.0. The molecule has 12 heteroatoms. The number of hydrazine groups is 1. The number of aliphatic hydroxyl groups is 1. The molecule has 0 fully saturated rings. The number of nitrogens with two attached hydrogens (primary N) is 1. The Bertz CT molecular complexity index is 535. The Balaban J connectivity index is 0.000000423. The van der Waals surface area contributed by atoms with Gasteiger partial charge in [0.1, 0.15) is 0 Å². The number of halogens is 5. The molecule has 6 nitrogen and oxygen atoms in total. The van der Waals surface area contributed by atoms with Crippen molar-refractivity contribution in [3.63, 3.8) is 0 Å². The third kappa shape index (κ3) is 5.79. The zero-order chi connectivity index (χ0) is 16.9. The van der Waals surface area contributed by atoms with Gasteiger partial charge < -0.3 is 10.5 Å². The van der Waals surface area contributed by atoms with Crippen molar-refractivity contribution in [3.8, 4) is 0 Å². The van der Waals surface area contributed by atoms with Gasteiger partial charge >= 0.3 is 21.5 Å². The van der Waals surface area contributed by atoms with Gasteiger partial charge in [0, 0.05) is 5.69 Å². The van der Waals surface area contributed by atoms with Gasteiger partial charge in [0.15, 0.2) is 0 Å². The van der Waals surface area contributed by atoms with Crippen molar-refractivity contribution in [1.82, 2.24) is 0 Å². The topological polar surface area (TPSA) is 113 Å². The van der Waals surface area contributed by atoms with Crippen LogP contribution in [0.5, 0.6) is 0 Å². The molecule has 1 rings (SSSR count). The first-order valence-electron chi connectivity index (χ1n) is 4.95. The summed E-state index contributed by atoms with van der Waals surface area (Å²) in [6.45, 7) is 0. The summed E-state index contributed by atoms with van der Waals surface area (Å²) in [4.78, 5) is 0. The van der Waals surface area contributed by atoms with Gasteiger partial charge in [-0.25, -0.2) is 0 Å². The van der Waals surface area contributed by atoms with Crippen LogP contribution >= 0.6 is 0 Å². The predicted octanol–water partition coefficient (Wildman–Crippen LogP) is 1.36. The van der Waals surface area contributed by atoms with Gasteiger partial charge in [-0.15, -0.1) is 0 Å². The van der Waals surface area contributed by atoms with E-state index in [4.69, 9.17) is 15.5 Å². The average molecular weight is 338 g/mol. The number of aliphatic hydroxyl groups excluding tert-OH is 1. The van der Waals surface area contributed by atoms with E-state index in [0.29, 0.717) is 0 Å². The van der Waals surface area contributed by atoms with E-state index in [-0.39, 0.29) is 0 Å².